The van der Waals surface area contributed by atoms with Gasteiger partial charge in [-0.05, 0) is 19.4 Å². The zero-order valence-corrected chi connectivity index (χ0v) is 8.43. The van der Waals surface area contributed by atoms with E-state index in [1.807, 2.05) is 0 Å². The summed E-state index contributed by atoms with van der Waals surface area (Å²) < 4.78 is 0. The highest BCUT2D eigenvalue weighted by atomic mass is 16.2. The van der Waals surface area contributed by atoms with Crippen LogP contribution in [0, 0.1) is 0 Å². The van der Waals surface area contributed by atoms with Crippen LogP contribution >= 0.6 is 0 Å². The Bertz CT molecular complexity index is 212. The van der Waals surface area contributed by atoms with Gasteiger partial charge in [-0.15, -0.1) is 0 Å². The maximum atomic E-state index is 11.4. The van der Waals surface area contributed by atoms with Crippen LogP contribution in [-0.4, -0.2) is 37.5 Å². The minimum Gasteiger partial charge on any atom is -0.355 e. The Kier molecular flexibility index (Phi) is 4.39. The topological polar surface area (TPSA) is 70.2 Å². The monoisotopic (exact) mass is 199 g/mol. The lowest BCUT2D eigenvalue weighted by Gasteiger charge is -2.10. The first-order chi connectivity index (χ1) is 6.70. The van der Waals surface area contributed by atoms with Crippen LogP contribution in [0.4, 0.5) is 0 Å². The molecule has 0 bridgehead atoms. The Labute approximate surface area is 83.6 Å². The van der Waals surface area contributed by atoms with Gasteiger partial charge in [-0.25, -0.2) is 0 Å². The minimum absolute atomic E-state index is 0.0349. The standard InChI is InChI=1S/C9H17N3O2/c1-7(13)10-5-6-12-9(14)8-3-2-4-11-8/h8,11H,2-6H2,1H3,(H,10,13)(H,12,14)/t8-/m0/s1. The van der Waals surface area contributed by atoms with Gasteiger partial charge in [-0.3, -0.25) is 9.59 Å². The molecule has 5 heteroatoms. The number of amides is 2. The van der Waals surface area contributed by atoms with E-state index in [0.29, 0.717) is 13.1 Å². The van der Waals surface area contributed by atoms with Crippen molar-refractivity contribution >= 4 is 11.8 Å². The van der Waals surface area contributed by atoms with Gasteiger partial charge in [-0.1, -0.05) is 0 Å². The van der Waals surface area contributed by atoms with E-state index in [1.54, 1.807) is 0 Å². The van der Waals surface area contributed by atoms with Crippen LogP contribution in [0.3, 0.4) is 0 Å². The van der Waals surface area contributed by atoms with Crippen molar-refractivity contribution in [2.24, 2.45) is 0 Å². The van der Waals surface area contributed by atoms with E-state index < -0.39 is 0 Å². The van der Waals surface area contributed by atoms with Crippen LogP contribution in [-0.2, 0) is 9.59 Å². The van der Waals surface area contributed by atoms with Gasteiger partial charge in [0.1, 0.15) is 0 Å². The number of hydrogen-bond acceptors (Lipinski definition) is 3. The first-order valence-electron chi connectivity index (χ1n) is 4.95. The Morgan fingerprint density at radius 1 is 1.36 bits per heavy atom. The lowest BCUT2D eigenvalue weighted by Crippen LogP contribution is -2.43. The lowest BCUT2D eigenvalue weighted by atomic mass is 10.2. The van der Waals surface area contributed by atoms with Gasteiger partial charge in [-0.2, -0.15) is 0 Å². The molecule has 1 aliphatic heterocycles. The molecule has 2 amide bonds. The summed E-state index contributed by atoms with van der Waals surface area (Å²) in [6.45, 7) is 3.37. The van der Waals surface area contributed by atoms with Gasteiger partial charge in [0, 0.05) is 20.0 Å². The van der Waals surface area contributed by atoms with Crippen molar-refractivity contribution in [3.8, 4) is 0 Å². The Morgan fingerprint density at radius 3 is 2.64 bits per heavy atom. The molecule has 0 aromatic carbocycles. The summed E-state index contributed by atoms with van der Waals surface area (Å²) >= 11 is 0. The predicted molar refractivity (Wildman–Crippen MR) is 52.7 cm³/mol. The van der Waals surface area contributed by atoms with Crippen molar-refractivity contribution in [2.45, 2.75) is 25.8 Å². The van der Waals surface area contributed by atoms with E-state index in [2.05, 4.69) is 16.0 Å². The zero-order valence-electron chi connectivity index (χ0n) is 8.43. The van der Waals surface area contributed by atoms with Gasteiger partial charge < -0.3 is 16.0 Å². The van der Waals surface area contributed by atoms with Gasteiger partial charge in [0.15, 0.2) is 0 Å². The summed E-state index contributed by atoms with van der Waals surface area (Å²) in [5.74, 6) is -0.0360. The van der Waals surface area contributed by atoms with E-state index in [-0.39, 0.29) is 17.9 Å². The highest BCUT2D eigenvalue weighted by Crippen LogP contribution is 2.03. The van der Waals surface area contributed by atoms with E-state index in [9.17, 15) is 9.59 Å². The van der Waals surface area contributed by atoms with Gasteiger partial charge >= 0.3 is 0 Å². The first kappa shape index (κ1) is 11.0. The Morgan fingerprint density at radius 2 is 2.07 bits per heavy atom. The zero-order chi connectivity index (χ0) is 10.4. The molecular formula is C9H17N3O2. The molecule has 0 saturated carbocycles. The summed E-state index contributed by atoms with van der Waals surface area (Å²) in [7, 11) is 0. The van der Waals surface area contributed by atoms with Crippen molar-refractivity contribution in [3.63, 3.8) is 0 Å². The first-order valence-corrected chi connectivity index (χ1v) is 4.95. The molecule has 1 atom stereocenters. The minimum atomic E-state index is -0.0711. The molecule has 0 spiro atoms. The number of carbonyl (C=O) groups is 2. The molecule has 5 nitrogen and oxygen atoms in total. The Balaban J connectivity index is 2.05. The van der Waals surface area contributed by atoms with Crippen LogP contribution in [0.1, 0.15) is 19.8 Å². The molecule has 80 valence electrons. The van der Waals surface area contributed by atoms with Crippen LogP contribution < -0.4 is 16.0 Å². The van der Waals surface area contributed by atoms with Gasteiger partial charge in [0.05, 0.1) is 6.04 Å². The third kappa shape index (κ3) is 3.74. The molecule has 14 heavy (non-hydrogen) atoms. The average molecular weight is 199 g/mol. The van der Waals surface area contributed by atoms with E-state index in [1.165, 1.54) is 6.92 Å². The van der Waals surface area contributed by atoms with Gasteiger partial charge in [0.2, 0.25) is 11.8 Å². The van der Waals surface area contributed by atoms with Crippen LogP contribution in [0.15, 0.2) is 0 Å². The highest BCUT2D eigenvalue weighted by Gasteiger charge is 2.20. The SMILES string of the molecule is CC(=O)NCCNC(=O)[C@@H]1CCCN1. The number of carbonyl (C=O) groups excluding carboxylic acids is 2. The number of rotatable bonds is 4. The smallest absolute Gasteiger partial charge is 0.237 e. The van der Waals surface area contributed by atoms with Crippen LogP contribution in [0.2, 0.25) is 0 Å². The fourth-order valence-corrected chi connectivity index (χ4v) is 1.46. The molecule has 0 aliphatic carbocycles. The third-order valence-corrected chi connectivity index (χ3v) is 2.17. The number of nitrogens with one attached hydrogen (secondary N) is 3. The quantitative estimate of drug-likeness (QED) is 0.508. The molecule has 0 radical (unpaired) electrons. The molecule has 1 heterocycles. The normalized spacial score (nSPS) is 20.5. The van der Waals surface area contributed by atoms with Gasteiger partial charge in [0.25, 0.3) is 0 Å². The third-order valence-electron chi connectivity index (χ3n) is 2.17. The lowest BCUT2D eigenvalue weighted by molar-refractivity contribution is -0.123. The maximum absolute atomic E-state index is 11.4. The Hall–Kier alpha value is -1.10. The molecule has 0 aromatic heterocycles. The fraction of sp³-hybridized carbons (Fsp3) is 0.778. The fourth-order valence-electron chi connectivity index (χ4n) is 1.46. The van der Waals surface area contributed by atoms with Crippen LogP contribution in [0.5, 0.6) is 0 Å². The van der Waals surface area contributed by atoms with Crippen molar-refractivity contribution < 1.29 is 9.59 Å². The molecule has 1 aliphatic rings. The second-order valence-electron chi connectivity index (χ2n) is 3.42. The van der Waals surface area contributed by atoms with E-state index in [0.717, 1.165) is 19.4 Å². The van der Waals surface area contributed by atoms with Crippen molar-refractivity contribution in [3.05, 3.63) is 0 Å². The second kappa shape index (κ2) is 5.59. The summed E-state index contributed by atoms with van der Waals surface area (Å²) in [6.07, 6.45) is 1.97. The van der Waals surface area contributed by atoms with E-state index >= 15 is 0 Å². The molecule has 0 unspecified atom stereocenters. The molecule has 1 rings (SSSR count). The maximum Gasteiger partial charge on any atom is 0.237 e. The molecule has 3 N–H and O–H groups in total. The second-order valence-corrected chi connectivity index (χ2v) is 3.42. The summed E-state index contributed by atoms with van der Waals surface area (Å²) in [6, 6.07) is -0.0349. The predicted octanol–water partition coefficient (Wildman–Crippen LogP) is -1.01. The molecule has 0 aromatic rings. The van der Waals surface area contributed by atoms with Crippen LogP contribution in [0.25, 0.3) is 0 Å². The summed E-state index contributed by atoms with van der Waals surface area (Å²) in [4.78, 5) is 21.9. The largest absolute Gasteiger partial charge is 0.355 e. The average Bonchev–Trinajstić information content (AvgIpc) is 2.64. The molecular weight excluding hydrogens is 182 g/mol. The van der Waals surface area contributed by atoms with E-state index in [4.69, 9.17) is 0 Å². The van der Waals surface area contributed by atoms with Crippen molar-refractivity contribution in [2.75, 3.05) is 19.6 Å². The highest BCUT2D eigenvalue weighted by molar-refractivity contribution is 5.82. The summed E-state index contributed by atoms with van der Waals surface area (Å²) in [5.41, 5.74) is 0. The summed E-state index contributed by atoms with van der Waals surface area (Å²) in [5, 5.41) is 8.49. The van der Waals surface area contributed by atoms with Crippen molar-refractivity contribution in [1.82, 2.24) is 16.0 Å². The molecule has 1 fully saturated rings. The number of hydrogen-bond donors (Lipinski definition) is 3. The molecule has 1 saturated heterocycles. The van der Waals surface area contributed by atoms with Crippen molar-refractivity contribution in [1.29, 1.82) is 0 Å².